The molecule has 96 valence electrons. The molecule has 0 amide bonds. The van der Waals surface area contributed by atoms with Gasteiger partial charge < -0.3 is 10.3 Å². The first-order valence-electron chi connectivity index (χ1n) is 5.55. The highest BCUT2D eigenvalue weighted by Crippen LogP contribution is 2.32. The molecule has 0 aliphatic carbocycles. The molecule has 2 rings (SSSR count). The van der Waals surface area contributed by atoms with Gasteiger partial charge in [-0.2, -0.15) is 13.2 Å². The first-order chi connectivity index (χ1) is 8.41. The maximum absolute atomic E-state index is 12.6. The van der Waals surface area contributed by atoms with E-state index in [9.17, 15) is 13.2 Å². The molecular formula is C13H13F3N2. The van der Waals surface area contributed by atoms with E-state index in [0.29, 0.717) is 23.5 Å². The zero-order valence-electron chi connectivity index (χ0n) is 9.83. The molecule has 1 aromatic carbocycles. The SMILES string of the molecule is CCn1cc(-c2cccc(C(F)(F)F)c2)cc1N. The summed E-state index contributed by atoms with van der Waals surface area (Å²) in [5, 5.41) is 0. The average molecular weight is 254 g/mol. The number of nitrogen functional groups attached to an aromatic ring is 1. The van der Waals surface area contributed by atoms with Crippen LogP contribution in [0.2, 0.25) is 0 Å². The van der Waals surface area contributed by atoms with E-state index in [1.807, 2.05) is 6.92 Å². The summed E-state index contributed by atoms with van der Waals surface area (Å²) in [4.78, 5) is 0. The predicted octanol–water partition coefficient (Wildman–Crippen LogP) is 3.78. The molecule has 2 N–H and O–H groups in total. The number of halogens is 3. The number of rotatable bonds is 2. The van der Waals surface area contributed by atoms with E-state index in [1.54, 1.807) is 22.9 Å². The summed E-state index contributed by atoms with van der Waals surface area (Å²) in [6, 6.07) is 6.92. The lowest BCUT2D eigenvalue weighted by Crippen LogP contribution is -2.04. The minimum absolute atomic E-state index is 0.517. The summed E-state index contributed by atoms with van der Waals surface area (Å²) in [5.74, 6) is 0.546. The van der Waals surface area contributed by atoms with Crippen LogP contribution in [0.4, 0.5) is 19.0 Å². The summed E-state index contributed by atoms with van der Waals surface area (Å²) < 4.78 is 39.6. The Morgan fingerprint density at radius 2 is 1.89 bits per heavy atom. The second-order valence-corrected chi connectivity index (χ2v) is 4.02. The topological polar surface area (TPSA) is 30.9 Å². The van der Waals surface area contributed by atoms with Crippen molar-refractivity contribution >= 4 is 5.82 Å². The smallest absolute Gasteiger partial charge is 0.385 e. The molecule has 0 bridgehead atoms. The van der Waals surface area contributed by atoms with Crippen molar-refractivity contribution in [3.63, 3.8) is 0 Å². The summed E-state index contributed by atoms with van der Waals surface area (Å²) in [6.45, 7) is 2.61. The zero-order valence-corrected chi connectivity index (χ0v) is 9.83. The fraction of sp³-hybridized carbons (Fsp3) is 0.231. The number of aryl methyl sites for hydroxylation is 1. The van der Waals surface area contributed by atoms with Gasteiger partial charge in [-0.25, -0.2) is 0 Å². The maximum Gasteiger partial charge on any atom is 0.416 e. The van der Waals surface area contributed by atoms with Gasteiger partial charge in [0.25, 0.3) is 0 Å². The van der Waals surface area contributed by atoms with Gasteiger partial charge >= 0.3 is 6.18 Å². The van der Waals surface area contributed by atoms with Crippen molar-refractivity contribution in [3.05, 3.63) is 42.1 Å². The molecule has 1 heterocycles. The number of hydrogen-bond donors (Lipinski definition) is 1. The fourth-order valence-corrected chi connectivity index (χ4v) is 1.83. The highest BCUT2D eigenvalue weighted by atomic mass is 19.4. The molecule has 0 unspecified atom stereocenters. The molecular weight excluding hydrogens is 241 g/mol. The lowest BCUT2D eigenvalue weighted by molar-refractivity contribution is -0.137. The minimum Gasteiger partial charge on any atom is -0.385 e. The quantitative estimate of drug-likeness (QED) is 0.868. The van der Waals surface area contributed by atoms with Crippen LogP contribution in [-0.4, -0.2) is 4.57 Å². The Balaban J connectivity index is 2.44. The third kappa shape index (κ3) is 2.34. The van der Waals surface area contributed by atoms with Crippen molar-refractivity contribution in [1.29, 1.82) is 0 Å². The molecule has 5 heteroatoms. The van der Waals surface area contributed by atoms with Crippen LogP contribution in [0.5, 0.6) is 0 Å². The van der Waals surface area contributed by atoms with Crippen LogP contribution in [0.15, 0.2) is 36.5 Å². The van der Waals surface area contributed by atoms with Crippen LogP contribution in [0.25, 0.3) is 11.1 Å². The van der Waals surface area contributed by atoms with E-state index in [4.69, 9.17) is 5.73 Å². The van der Waals surface area contributed by atoms with E-state index in [2.05, 4.69) is 0 Å². The lowest BCUT2D eigenvalue weighted by atomic mass is 10.1. The van der Waals surface area contributed by atoms with Crippen molar-refractivity contribution in [2.75, 3.05) is 5.73 Å². The molecule has 0 aliphatic heterocycles. The Morgan fingerprint density at radius 1 is 1.17 bits per heavy atom. The van der Waals surface area contributed by atoms with Gasteiger partial charge in [-0.05, 0) is 30.7 Å². The number of nitrogens with two attached hydrogens (primary N) is 1. The van der Waals surface area contributed by atoms with Gasteiger partial charge in [0.1, 0.15) is 5.82 Å². The third-order valence-electron chi connectivity index (χ3n) is 2.79. The monoisotopic (exact) mass is 254 g/mol. The Kier molecular flexibility index (Phi) is 3.07. The molecule has 18 heavy (non-hydrogen) atoms. The van der Waals surface area contributed by atoms with Crippen molar-refractivity contribution < 1.29 is 13.2 Å². The van der Waals surface area contributed by atoms with Crippen LogP contribution >= 0.6 is 0 Å². The number of anilines is 1. The molecule has 1 aromatic heterocycles. The zero-order chi connectivity index (χ0) is 13.3. The Morgan fingerprint density at radius 3 is 2.44 bits per heavy atom. The van der Waals surface area contributed by atoms with Gasteiger partial charge in [0, 0.05) is 18.3 Å². The number of benzene rings is 1. The molecule has 0 saturated heterocycles. The van der Waals surface area contributed by atoms with Crippen LogP contribution in [0, 0.1) is 0 Å². The van der Waals surface area contributed by atoms with Crippen LogP contribution < -0.4 is 5.73 Å². The van der Waals surface area contributed by atoms with Gasteiger partial charge in [-0.3, -0.25) is 0 Å². The maximum atomic E-state index is 12.6. The van der Waals surface area contributed by atoms with E-state index in [-0.39, 0.29) is 0 Å². The lowest BCUT2D eigenvalue weighted by Gasteiger charge is -2.07. The molecule has 0 atom stereocenters. The highest BCUT2D eigenvalue weighted by molar-refractivity contribution is 5.67. The van der Waals surface area contributed by atoms with E-state index in [0.717, 1.165) is 12.1 Å². The van der Waals surface area contributed by atoms with Gasteiger partial charge in [0.05, 0.1) is 5.56 Å². The first kappa shape index (κ1) is 12.5. The minimum atomic E-state index is -4.32. The largest absolute Gasteiger partial charge is 0.416 e. The van der Waals surface area contributed by atoms with Crippen molar-refractivity contribution in [3.8, 4) is 11.1 Å². The molecule has 2 aromatic rings. The summed E-state index contributed by atoms with van der Waals surface area (Å²) in [6.07, 6.45) is -2.57. The molecule has 0 spiro atoms. The average Bonchev–Trinajstić information content (AvgIpc) is 2.70. The third-order valence-corrected chi connectivity index (χ3v) is 2.79. The van der Waals surface area contributed by atoms with Crippen LogP contribution in [0.3, 0.4) is 0 Å². The standard InChI is InChI=1S/C13H13F3N2/c1-2-18-8-10(7-12(18)17)9-4-3-5-11(6-9)13(14,15)16/h3-8H,2,17H2,1H3. The fourth-order valence-electron chi connectivity index (χ4n) is 1.83. The van der Waals surface area contributed by atoms with Crippen molar-refractivity contribution in [2.45, 2.75) is 19.6 Å². The summed E-state index contributed by atoms with van der Waals surface area (Å²) in [5.41, 5.74) is 6.32. The molecule has 0 fully saturated rings. The van der Waals surface area contributed by atoms with Crippen LogP contribution in [0.1, 0.15) is 12.5 Å². The Hall–Kier alpha value is -1.91. The predicted molar refractivity (Wildman–Crippen MR) is 65.0 cm³/mol. The number of hydrogen-bond acceptors (Lipinski definition) is 1. The normalized spacial score (nSPS) is 11.8. The second kappa shape index (κ2) is 4.40. The van der Waals surface area contributed by atoms with Crippen molar-refractivity contribution in [1.82, 2.24) is 4.57 Å². The molecule has 0 aliphatic rings. The van der Waals surface area contributed by atoms with Gasteiger partial charge in [0.15, 0.2) is 0 Å². The highest BCUT2D eigenvalue weighted by Gasteiger charge is 2.30. The van der Waals surface area contributed by atoms with Crippen molar-refractivity contribution in [2.24, 2.45) is 0 Å². The Bertz CT molecular complexity index is 556. The molecule has 0 saturated carbocycles. The number of alkyl halides is 3. The van der Waals surface area contributed by atoms with Crippen LogP contribution in [-0.2, 0) is 12.7 Å². The number of aromatic nitrogens is 1. The molecule has 2 nitrogen and oxygen atoms in total. The summed E-state index contributed by atoms with van der Waals surface area (Å²) >= 11 is 0. The van der Waals surface area contributed by atoms with E-state index >= 15 is 0 Å². The van der Waals surface area contributed by atoms with E-state index < -0.39 is 11.7 Å². The summed E-state index contributed by atoms with van der Waals surface area (Å²) in [7, 11) is 0. The second-order valence-electron chi connectivity index (χ2n) is 4.02. The first-order valence-corrected chi connectivity index (χ1v) is 5.55. The molecule has 0 radical (unpaired) electrons. The Labute approximate surface area is 103 Å². The van der Waals surface area contributed by atoms with Gasteiger partial charge in [-0.1, -0.05) is 12.1 Å². The van der Waals surface area contributed by atoms with Gasteiger partial charge in [-0.15, -0.1) is 0 Å². The van der Waals surface area contributed by atoms with Gasteiger partial charge in [0.2, 0.25) is 0 Å². The van der Waals surface area contributed by atoms with E-state index in [1.165, 1.54) is 6.07 Å². The number of nitrogens with zero attached hydrogens (tertiary/aromatic N) is 1.